The third-order valence-electron chi connectivity index (χ3n) is 7.75. The first-order valence-electron chi connectivity index (χ1n) is 14.0. The maximum Gasteiger partial charge on any atom is 0.263 e. The SMILES string of the molecule is N#Cc1ccc(C(=O)Nc2cc(C(=O)NC3CCC(N)CC3)ccc2N2CCCN(C(=O)c3cccs3)CC2)cc1. The molecule has 0 radical (unpaired) electrons. The van der Waals surface area contributed by atoms with Crippen molar-refractivity contribution in [3.8, 4) is 6.07 Å². The summed E-state index contributed by atoms with van der Waals surface area (Å²) in [7, 11) is 0. The largest absolute Gasteiger partial charge is 0.368 e. The van der Waals surface area contributed by atoms with Crippen LogP contribution in [0.15, 0.2) is 60.0 Å². The topological polar surface area (TPSA) is 132 Å². The van der Waals surface area contributed by atoms with E-state index in [1.807, 2.05) is 28.5 Å². The van der Waals surface area contributed by atoms with Gasteiger partial charge in [-0.05, 0) is 86.0 Å². The predicted molar refractivity (Wildman–Crippen MR) is 160 cm³/mol. The Morgan fingerprint density at radius 1 is 0.902 bits per heavy atom. The lowest BCUT2D eigenvalue weighted by Crippen LogP contribution is -2.40. The molecule has 3 aromatic rings. The van der Waals surface area contributed by atoms with E-state index in [2.05, 4.69) is 21.6 Å². The van der Waals surface area contributed by atoms with E-state index in [1.54, 1.807) is 36.4 Å². The first kappa shape index (κ1) is 28.3. The maximum absolute atomic E-state index is 13.2. The van der Waals surface area contributed by atoms with Gasteiger partial charge in [-0.15, -0.1) is 11.3 Å². The number of nitrogens with two attached hydrogens (primary N) is 1. The monoisotopic (exact) mass is 570 g/mol. The van der Waals surface area contributed by atoms with Gasteiger partial charge in [-0.25, -0.2) is 0 Å². The van der Waals surface area contributed by atoms with Crippen LogP contribution in [0.5, 0.6) is 0 Å². The fourth-order valence-electron chi connectivity index (χ4n) is 5.39. The zero-order valence-electron chi connectivity index (χ0n) is 22.8. The zero-order valence-corrected chi connectivity index (χ0v) is 23.7. The van der Waals surface area contributed by atoms with Crippen LogP contribution in [0.1, 0.15) is 68.1 Å². The van der Waals surface area contributed by atoms with Crippen LogP contribution in [0.4, 0.5) is 11.4 Å². The molecular weight excluding hydrogens is 536 g/mol. The molecule has 1 aliphatic carbocycles. The Morgan fingerprint density at radius 2 is 1.66 bits per heavy atom. The molecule has 2 aliphatic rings. The molecule has 4 N–H and O–H groups in total. The number of nitrogens with zero attached hydrogens (tertiary/aromatic N) is 3. The first-order valence-corrected chi connectivity index (χ1v) is 14.9. The fraction of sp³-hybridized carbons (Fsp3) is 0.355. The van der Waals surface area contributed by atoms with Crippen molar-refractivity contribution in [3.63, 3.8) is 0 Å². The smallest absolute Gasteiger partial charge is 0.263 e. The highest BCUT2D eigenvalue weighted by Crippen LogP contribution is 2.30. The third-order valence-corrected chi connectivity index (χ3v) is 8.60. The number of carbonyl (C=O) groups is 3. The number of rotatable bonds is 6. The third kappa shape index (κ3) is 6.93. The number of thiophene rings is 1. The summed E-state index contributed by atoms with van der Waals surface area (Å²) in [4.78, 5) is 44.2. The van der Waals surface area contributed by atoms with Crippen molar-refractivity contribution in [2.75, 3.05) is 36.4 Å². The molecular formula is C31H34N6O3S. The Morgan fingerprint density at radius 3 is 2.37 bits per heavy atom. The van der Waals surface area contributed by atoms with Crippen molar-refractivity contribution >= 4 is 40.4 Å². The predicted octanol–water partition coefficient (Wildman–Crippen LogP) is 4.22. The number of hydrogen-bond donors (Lipinski definition) is 3. The van der Waals surface area contributed by atoms with Crippen molar-refractivity contribution in [2.45, 2.75) is 44.2 Å². The Balaban J connectivity index is 1.37. The van der Waals surface area contributed by atoms with Gasteiger partial charge in [0.15, 0.2) is 0 Å². The summed E-state index contributed by atoms with van der Waals surface area (Å²) in [6.45, 7) is 2.48. The van der Waals surface area contributed by atoms with Gasteiger partial charge in [-0.2, -0.15) is 5.26 Å². The summed E-state index contributed by atoms with van der Waals surface area (Å²) in [5.74, 6) is -0.486. The molecule has 9 nitrogen and oxygen atoms in total. The van der Waals surface area contributed by atoms with Gasteiger partial charge >= 0.3 is 0 Å². The minimum atomic E-state index is -0.334. The van der Waals surface area contributed by atoms with E-state index in [0.29, 0.717) is 48.6 Å². The van der Waals surface area contributed by atoms with Gasteiger partial charge in [0.25, 0.3) is 17.7 Å². The second-order valence-electron chi connectivity index (χ2n) is 10.6. The van der Waals surface area contributed by atoms with Crippen molar-refractivity contribution in [3.05, 3.63) is 81.5 Å². The second kappa shape index (κ2) is 13.0. The molecule has 2 fully saturated rings. The average molecular weight is 571 g/mol. The minimum Gasteiger partial charge on any atom is -0.368 e. The van der Waals surface area contributed by atoms with Crippen LogP contribution in [0.3, 0.4) is 0 Å². The van der Waals surface area contributed by atoms with Crippen LogP contribution in [-0.4, -0.2) is 60.9 Å². The molecule has 212 valence electrons. The lowest BCUT2D eigenvalue weighted by molar-refractivity contribution is 0.0771. The molecule has 0 bridgehead atoms. The number of benzene rings is 2. The van der Waals surface area contributed by atoms with Crippen LogP contribution < -0.4 is 21.3 Å². The highest BCUT2D eigenvalue weighted by Gasteiger charge is 2.25. The number of nitrogens with one attached hydrogen (secondary N) is 2. The van der Waals surface area contributed by atoms with Gasteiger partial charge in [-0.1, -0.05) is 6.07 Å². The molecule has 1 saturated heterocycles. The van der Waals surface area contributed by atoms with Crippen molar-refractivity contribution < 1.29 is 14.4 Å². The second-order valence-corrected chi connectivity index (χ2v) is 11.5. The molecule has 0 unspecified atom stereocenters. The molecule has 5 rings (SSSR count). The van der Waals surface area contributed by atoms with Gasteiger partial charge in [-0.3, -0.25) is 14.4 Å². The van der Waals surface area contributed by atoms with Crippen molar-refractivity contribution in [1.82, 2.24) is 10.2 Å². The van der Waals surface area contributed by atoms with Crippen LogP contribution in [0, 0.1) is 11.3 Å². The van der Waals surface area contributed by atoms with Gasteiger partial charge in [0, 0.05) is 49.4 Å². The maximum atomic E-state index is 13.2. The molecule has 1 aliphatic heterocycles. The molecule has 2 heterocycles. The summed E-state index contributed by atoms with van der Waals surface area (Å²) < 4.78 is 0. The summed E-state index contributed by atoms with van der Waals surface area (Å²) in [5, 5.41) is 17.1. The highest BCUT2D eigenvalue weighted by atomic mass is 32.1. The normalized spacial score (nSPS) is 19.1. The zero-order chi connectivity index (χ0) is 28.8. The number of hydrogen-bond acceptors (Lipinski definition) is 7. The molecule has 0 atom stereocenters. The standard InChI is InChI=1S/C31H34N6O3S/c32-20-21-4-6-22(7-5-21)29(38)35-26-19-23(30(39)34-25-11-9-24(33)10-12-25)8-13-27(26)36-14-2-15-37(17-16-36)31(40)28-3-1-18-41-28/h1,3-8,13,18-19,24-25H,2,9-12,14-17,33H2,(H,34,39)(H,35,38). The molecule has 0 spiro atoms. The van der Waals surface area contributed by atoms with E-state index >= 15 is 0 Å². The Bertz CT molecular complexity index is 1430. The molecule has 41 heavy (non-hydrogen) atoms. The van der Waals surface area contributed by atoms with E-state index in [-0.39, 0.29) is 29.8 Å². The van der Waals surface area contributed by atoms with Crippen LogP contribution in [-0.2, 0) is 0 Å². The van der Waals surface area contributed by atoms with E-state index in [9.17, 15) is 14.4 Å². The Kier molecular flexibility index (Phi) is 8.97. The summed E-state index contributed by atoms with van der Waals surface area (Å²) in [5.41, 5.74) is 8.67. The van der Waals surface area contributed by atoms with Crippen LogP contribution in [0.25, 0.3) is 0 Å². The van der Waals surface area contributed by atoms with Gasteiger partial charge in [0.1, 0.15) is 0 Å². The Hall–Kier alpha value is -4.20. The molecule has 1 saturated carbocycles. The lowest BCUT2D eigenvalue weighted by Gasteiger charge is -2.28. The van der Waals surface area contributed by atoms with Gasteiger partial charge in [0.2, 0.25) is 0 Å². The number of nitriles is 1. The van der Waals surface area contributed by atoms with E-state index in [4.69, 9.17) is 11.0 Å². The van der Waals surface area contributed by atoms with Gasteiger partial charge < -0.3 is 26.2 Å². The summed E-state index contributed by atoms with van der Waals surface area (Å²) >= 11 is 1.44. The minimum absolute atomic E-state index is 0.0341. The van der Waals surface area contributed by atoms with E-state index in [0.717, 1.165) is 42.7 Å². The number of carbonyl (C=O) groups excluding carboxylic acids is 3. The van der Waals surface area contributed by atoms with Crippen LogP contribution in [0.2, 0.25) is 0 Å². The highest BCUT2D eigenvalue weighted by molar-refractivity contribution is 7.12. The lowest BCUT2D eigenvalue weighted by atomic mass is 9.91. The molecule has 1 aromatic heterocycles. The van der Waals surface area contributed by atoms with Crippen molar-refractivity contribution in [2.24, 2.45) is 5.73 Å². The molecule has 3 amide bonds. The van der Waals surface area contributed by atoms with Crippen LogP contribution >= 0.6 is 11.3 Å². The van der Waals surface area contributed by atoms with E-state index < -0.39 is 0 Å². The van der Waals surface area contributed by atoms with E-state index in [1.165, 1.54) is 11.3 Å². The number of anilines is 2. The Labute approximate surface area is 243 Å². The summed E-state index contributed by atoms with van der Waals surface area (Å²) in [6, 6.07) is 17.9. The average Bonchev–Trinajstić information content (AvgIpc) is 3.43. The molecule has 2 aromatic carbocycles. The first-order chi connectivity index (χ1) is 19.9. The quantitative estimate of drug-likeness (QED) is 0.407. The fourth-order valence-corrected chi connectivity index (χ4v) is 6.08. The molecule has 10 heteroatoms. The van der Waals surface area contributed by atoms with Gasteiger partial charge in [0.05, 0.1) is 27.9 Å². The number of amides is 3. The van der Waals surface area contributed by atoms with Crippen molar-refractivity contribution in [1.29, 1.82) is 5.26 Å². The summed E-state index contributed by atoms with van der Waals surface area (Å²) in [6.07, 6.45) is 4.24.